The Bertz CT molecular complexity index is 1170. The first-order valence-corrected chi connectivity index (χ1v) is 12.3. The Kier molecular flexibility index (Phi) is 7.65. The van der Waals surface area contributed by atoms with Gasteiger partial charge in [0, 0.05) is 24.8 Å². The predicted octanol–water partition coefficient (Wildman–Crippen LogP) is 3.70. The van der Waals surface area contributed by atoms with Gasteiger partial charge in [-0.25, -0.2) is 0 Å². The number of carbonyl (C=O) groups excluding carboxylic acids is 3. The first kappa shape index (κ1) is 24.7. The second-order valence-electron chi connectivity index (χ2n) is 8.44. The largest absolute Gasteiger partial charge is 0.493 e. The molecule has 0 radical (unpaired) electrons. The molecular formula is C26H29N3O5S. The number of hydrogen-bond donors (Lipinski definition) is 1. The van der Waals surface area contributed by atoms with Gasteiger partial charge < -0.3 is 19.7 Å². The first-order chi connectivity index (χ1) is 16.9. The molecule has 8 nitrogen and oxygen atoms in total. The zero-order chi connectivity index (χ0) is 24.9. The van der Waals surface area contributed by atoms with Gasteiger partial charge in [-0.2, -0.15) is 0 Å². The minimum atomic E-state index is -0.373. The molecule has 9 heteroatoms. The molecule has 1 fully saturated rings. The second kappa shape index (κ2) is 10.9. The summed E-state index contributed by atoms with van der Waals surface area (Å²) in [5.41, 5.74) is 3.06. The van der Waals surface area contributed by atoms with Gasteiger partial charge in [-0.3, -0.25) is 19.3 Å². The fourth-order valence-corrected chi connectivity index (χ4v) is 5.17. The summed E-state index contributed by atoms with van der Waals surface area (Å²) in [4.78, 5) is 41.5. The third kappa shape index (κ3) is 5.45. The fraction of sp³-hybridized carbons (Fsp3) is 0.346. The lowest BCUT2D eigenvalue weighted by atomic mass is 9.97. The van der Waals surface area contributed by atoms with Gasteiger partial charge in [-0.1, -0.05) is 24.3 Å². The lowest BCUT2D eigenvalue weighted by Crippen LogP contribution is -2.46. The number of methoxy groups -OCH3 is 2. The van der Waals surface area contributed by atoms with Crippen molar-refractivity contribution in [1.29, 1.82) is 0 Å². The van der Waals surface area contributed by atoms with Gasteiger partial charge in [0.2, 0.25) is 5.91 Å². The summed E-state index contributed by atoms with van der Waals surface area (Å²) in [6.45, 7) is 2.67. The lowest BCUT2D eigenvalue weighted by molar-refractivity contribution is -0.124. The van der Waals surface area contributed by atoms with Crippen LogP contribution < -0.4 is 19.7 Å². The summed E-state index contributed by atoms with van der Waals surface area (Å²) in [5.74, 6) is 0.605. The molecule has 2 aromatic rings. The average molecular weight is 496 g/mol. The number of thioether (sulfide) groups is 1. The standard InChI is InChI=1S/C26H29N3O5S/c1-17-8-10-19-6-4-5-7-20(19)29(17)16-24(30)27-12-13-28-25(31)23(35-26(28)32)15-18-9-11-21(33-2)22(14-18)34-3/h4-7,9,11,14-15,17H,8,10,12-13,16H2,1-3H3,(H,27,30). The number of para-hydroxylation sites is 1. The van der Waals surface area contributed by atoms with E-state index in [2.05, 4.69) is 23.2 Å². The fourth-order valence-electron chi connectivity index (χ4n) is 4.31. The van der Waals surface area contributed by atoms with Crippen molar-refractivity contribution < 1.29 is 23.9 Å². The molecule has 3 amide bonds. The number of nitrogens with zero attached hydrogens (tertiary/aromatic N) is 2. The Morgan fingerprint density at radius 3 is 2.69 bits per heavy atom. The summed E-state index contributed by atoms with van der Waals surface area (Å²) in [6, 6.07) is 13.7. The quantitative estimate of drug-likeness (QED) is 0.559. The van der Waals surface area contributed by atoms with Crippen molar-refractivity contribution in [3.63, 3.8) is 0 Å². The van der Waals surface area contributed by atoms with E-state index in [1.54, 1.807) is 31.4 Å². The highest BCUT2D eigenvalue weighted by Gasteiger charge is 2.35. The number of fused-ring (bicyclic) bond motifs is 1. The molecule has 0 saturated carbocycles. The normalized spacial score (nSPS) is 18.6. The maximum absolute atomic E-state index is 12.8. The summed E-state index contributed by atoms with van der Waals surface area (Å²) >= 11 is 0.885. The highest BCUT2D eigenvalue weighted by atomic mass is 32.2. The molecule has 2 heterocycles. The van der Waals surface area contributed by atoms with Gasteiger partial charge in [-0.05, 0) is 66.9 Å². The van der Waals surface area contributed by atoms with Crippen LogP contribution in [0.15, 0.2) is 47.4 Å². The number of hydrogen-bond acceptors (Lipinski definition) is 7. The van der Waals surface area contributed by atoms with Crippen LogP contribution in [0.2, 0.25) is 0 Å². The molecule has 0 aliphatic carbocycles. The summed E-state index contributed by atoms with van der Waals surface area (Å²) in [6.07, 6.45) is 3.65. The molecule has 4 rings (SSSR count). The van der Waals surface area contributed by atoms with Crippen LogP contribution in [0.3, 0.4) is 0 Å². The molecular weight excluding hydrogens is 466 g/mol. The summed E-state index contributed by atoms with van der Waals surface area (Å²) in [7, 11) is 3.09. The topological polar surface area (TPSA) is 88.2 Å². The van der Waals surface area contributed by atoms with E-state index in [0.29, 0.717) is 16.4 Å². The van der Waals surface area contributed by atoms with Crippen LogP contribution in [0, 0.1) is 0 Å². The maximum Gasteiger partial charge on any atom is 0.293 e. The van der Waals surface area contributed by atoms with Crippen molar-refractivity contribution in [2.24, 2.45) is 0 Å². The van der Waals surface area contributed by atoms with Gasteiger partial charge >= 0.3 is 0 Å². The number of carbonyl (C=O) groups is 3. The van der Waals surface area contributed by atoms with Crippen LogP contribution >= 0.6 is 11.8 Å². The van der Waals surface area contributed by atoms with Crippen LogP contribution in [0.25, 0.3) is 6.08 Å². The molecule has 1 unspecified atom stereocenters. The van der Waals surface area contributed by atoms with Gasteiger partial charge in [0.15, 0.2) is 11.5 Å². The number of amides is 3. The van der Waals surface area contributed by atoms with Crippen molar-refractivity contribution in [1.82, 2.24) is 10.2 Å². The van der Waals surface area contributed by atoms with Crippen molar-refractivity contribution in [3.8, 4) is 11.5 Å². The van der Waals surface area contributed by atoms with Crippen LogP contribution in [0.5, 0.6) is 11.5 Å². The predicted molar refractivity (Wildman–Crippen MR) is 137 cm³/mol. The van der Waals surface area contributed by atoms with E-state index in [4.69, 9.17) is 9.47 Å². The van der Waals surface area contributed by atoms with Gasteiger partial charge in [0.25, 0.3) is 11.1 Å². The minimum Gasteiger partial charge on any atom is -0.493 e. The van der Waals surface area contributed by atoms with Crippen molar-refractivity contribution >= 4 is 40.6 Å². The number of ether oxygens (including phenoxy) is 2. The minimum absolute atomic E-state index is 0.117. The van der Waals surface area contributed by atoms with E-state index < -0.39 is 0 Å². The van der Waals surface area contributed by atoms with E-state index in [9.17, 15) is 14.4 Å². The smallest absolute Gasteiger partial charge is 0.293 e. The molecule has 0 spiro atoms. The Morgan fingerprint density at radius 1 is 1.14 bits per heavy atom. The Hall–Kier alpha value is -3.46. The van der Waals surface area contributed by atoms with Gasteiger partial charge in [-0.15, -0.1) is 0 Å². The lowest BCUT2D eigenvalue weighted by Gasteiger charge is -2.36. The van der Waals surface area contributed by atoms with Gasteiger partial charge in [0.1, 0.15) is 0 Å². The molecule has 0 aromatic heterocycles. The maximum atomic E-state index is 12.8. The monoisotopic (exact) mass is 495 g/mol. The number of rotatable bonds is 8. The van der Waals surface area contributed by atoms with Crippen LogP contribution in [-0.4, -0.2) is 61.8 Å². The SMILES string of the molecule is COc1ccc(C=C2SC(=O)N(CCNC(=O)CN3c4ccccc4CCC3C)C2=O)cc1OC. The zero-order valence-electron chi connectivity index (χ0n) is 20.1. The Morgan fingerprint density at radius 2 is 1.91 bits per heavy atom. The van der Waals surface area contributed by atoms with E-state index in [0.717, 1.165) is 40.8 Å². The van der Waals surface area contributed by atoms with E-state index >= 15 is 0 Å². The molecule has 184 valence electrons. The van der Waals surface area contributed by atoms with E-state index in [-0.39, 0.29) is 42.7 Å². The molecule has 35 heavy (non-hydrogen) atoms. The molecule has 1 N–H and O–H groups in total. The summed E-state index contributed by atoms with van der Waals surface area (Å²) < 4.78 is 10.5. The summed E-state index contributed by atoms with van der Waals surface area (Å²) in [5, 5.41) is 2.50. The highest BCUT2D eigenvalue weighted by Crippen LogP contribution is 2.34. The molecule has 0 bridgehead atoms. The number of benzene rings is 2. The highest BCUT2D eigenvalue weighted by molar-refractivity contribution is 8.18. The Balaban J connectivity index is 1.33. The molecule has 2 aliphatic rings. The van der Waals surface area contributed by atoms with Crippen LogP contribution in [0.1, 0.15) is 24.5 Å². The number of nitrogens with one attached hydrogen (secondary N) is 1. The third-order valence-corrected chi connectivity index (χ3v) is 7.12. The van der Waals surface area contributed by atoms with Crippen LogP contribution in [-0.2, 0) is 16.0 Å². The molecule has 2 aromatic carbocycles. The van der Waals surface area contributed by atoms with Gasteiger partial charge in [0.05, 0.1) is 25.7 Å². The number of aryl methyl sites for hydroxylation is 1. The molecule has 1 saturated heterocycles. The zero-order valence-corrected chi connectivity index (χ0v) is 20.9. The van der Waals surface area contributed by atoms with Crippen molar-refractivity contribution in [2.45, 2.75) is 25.8 Å². The third-order valence-electron chi connectivity index (χ3n) is 6.22. The molecule has 1 atom stereocenters. The number of imide groups is 1. The van der Waals surface area contributed by atoms with Crippen LogP contribution in [0.4, 0.5) is 10.5 Å². The van der Waals surface area contributed by atoms with Crippen molar-refractivity contribution in [2.75, 3.05) is 38.8 Å². The second-order valence-corrected chi connectivity index (χ2v) is 9.44. The first-order valence-electron chi connectivity index (χ1n) is 11.5. The van der Waals surface area contributed by atoms with E-state index in [1.807, 2.05) is 18.2 Å². The number of anilines is 1. The molecule has 2 aliphatic heterocycles. The van der Waals surface area contributed by atoms with E-state index in [1.165, 1.54) is 12.7 Å². The Labute approximate surface area is 209 Å². The van der Waals surface area contributed by atoms with Crippen molar-refractivity contribution in [3.05, 3.63) is 58.5 Å². The average Bonchev–Trinajstić information content (AvgIpc) is 3.13.